The molecule has 0 aromatic carbocycles. The fourth-order valence-corrected chi connectivity index (χ4v) is 44.1. The van der Waals surface area contributed by atoms with E-state index in [-0.39, 0.29) is 0 Å². The van der Waals surface area contributed by atoms with Crippen molar-refractivity contribution in [1.29, 1.82) is 0 Å². The van der Waals surface area contributed by atoms with Crippen LogP contribution in [0, 0.1) is 0 Å². The summed E-state index contributed by atoms with van der Waals surface area (Å²) in [5.41, 5.74) is 0. The first kappa shape index (κ1) is 15.4. The van der Waals surface area contributed by atoms with Crippen molar-refractivity contribution in [2.45, 2.75) is 51.9 Å². The number of halogens is 3. The van der Waals surface area contributed by atoms with E-state index in [1.165, 1.54) is 0 Å². The van der Waals surface area contributed by atoms with Crippen LogP contribution in [0.3, 0.4) is 0 Å². The molecule has 0 bridgehead atoms. The predicted octanol–water partition coefficient (Wildman–Crippen LogP) is 5.69. The summed E-state index contributed by atoms with van der Waals surface area (Å²) in [6, 6.07) is 0. The normalized spacial score (nSPS) is 14.5. The zero-order chi connectivity index (χ0) is 11.1. The topological polar surface area (TPSA) is 0 Å². The van der Waals surface area contributed by atoms with Gasteiger partial charge in [0.25, 0.3) is 0 Å². The Balaban J connectivity index is 5.68. The number of hydrogen-bond donors (Lipinski definition) is 0. The van der Waals surface area contributed by atoms with Gasteiger partial charge in [0.15, 0.2) is 0 Å². The van der Waals surface area contributed by atoms with Gasteiger partial charge in [-0.05, 0) is 0 Å². The average Bonchev–Trinajstić information content (AvgIpc) is 1.80. The van der Waals surface area contributed by atoms with E-state index in [0.29, 0.717) is 10.3 Å². The molecule has 0 aromatic rings. The van der Waals surface area contributed by atoms with Crippen molar-refractivity contribution in [3.63, 3.8) is 0 Å². The summed E-state index contributed by atoms with van der Waals surface area (Å²) in [5.74, 6) is 0. The number of hydrogen-bond acceptors (Lipinski definition) is 0. The minimum absolute atomic E-state index is 0.369. The second-order valence-electron chi connectivity index (χ2n) is 5.17. The standard InChI is InChI=1S/C8H18Br3GeP/c1-7(2,3)13(11,12(9)10)8(4,5)6/h1-6H3. The van der Waals surface area contributed by atoms with Crippen LogP contribution >= 0.6 is 47.6 Å². The molecular formula is C8H18Br3GeP. The Hall–Kier alpha value is 2.41. The van der Waals surface area contributed by atoms with Gasteiger partial charge in [-0.2, -0.15) is 0 Å². The van der Waals surface area contributed by atoms with Crippen molar-refractivity contribution in [2.75, 3.05) is 0 Å². The molecule has 5 heteroatoms. The fourth-order valence-electron chi connectivity index (χ4n) is 1.51. The second-order valence-corrected chi connectivity index (χ2v) is 44.0. The van der Waals surface area contributed by atoms with Crippen LogP contribution in [0.25, 0.3) is 0 Å². The van der Waals surface area contributed by atoms with Gasteiger partial charge < -0.3 is 0 Å². The maximum absolute atomic E-state index is 4.08. The SMILES string of the molecule is CC(C)(C)[P](Br)(=[Ge]([Br])[Br])C(C)(C)C. The van der Waals surface area contributed by atoms with E-state index in [2.05, 4.69) is 85.0 Å². The minimum atomic E-state index is -1.27. The Labute approximate surface area is 108 Å². The van der Waals surface area contributed by atoms with E-state index in [9.17, 15) is 0 Å². The molecule has 0 aliphatic heterocycles. The Bertz CT molecular complexity index is 225. The van der Waals surface area contributed by atoms with Crippen LogP contribution in [-0.4, -0.2) is 20.0 Å². The fraction of sp³-hybridized carbons (Fsp3) is 1.00. The average molecular weight is 458 g/mol. The van der Waals surface area contributed by atoms with Gasteiger partial charge in [0.1, 0.15) is 0 Å². The van der Waals surface area contributed by atoms with Crippen LogP contribution in [0.4, 0.5) is 0 Å². The molecule has 0 nitrogen and oxygen atoms in total. The number of rotatable bonds is 0. The van der Waals surface area contributed by atoms with Gasteiger partial charge in [0.05, 0.1) is 0 Å². The summed E-state index contributed by atoms with van der Waals surface area (Å²) in [7, 11) is -1.27. The van der Waals surface area contributed by atoms with Crippen molar-refractivity contribution in [3.05, 3.63) is 0 Å². The molecule has 0 spiro atoms. The molecule has 0 saturated heterocycles. The van der Waals surface area contributed by atoms with Gasteiger partial charge >= 0.3 is 109 Å². The molecule has 0 rings (SSSR count). The first-order valence-corrected chi connectivity index (χ1v) is 20.7. The van der Waals surface area contributed by atoms with Crippen molar-refractivity contribution in [2.24, 2.45) is 0 Å². The van der Waals surface area contributed by atoms with Crippen molar-refractivity contribution in [1.82, 2.24) is 0 Å². The van der Waals surface area contributed by atoms with Gasteiger partial charge in [0.2, 0.25) is 0 Å². The molecule has 0 N–H and O–H groups in total. The molecule has 0 heterocycles. The van der Waals surface area contributed by atoms with Crippen LogP contribution in [0.1, 0.15) is 41.5 Å². The first-order valence-electron chi connectivity index (χ1n) is 4.22. The van der Waals surface area contributed by atoms with Crippen LogP contribution in [0.2, 0.25) is 0 Å². The molecule has 0 fully saturated rings. The van der Waals surface area contributed by atoms with Crippen LogP contribution in [0.5, 0.6) is 0 Å². The van der Waals surface area contributed by atoms with Gasteiger partial charge in [-0.25, -0.2) is 0 Å². The summed E-state index contributed by atoms with van der Waals surface area (Å²) in [6.45, 7) is 14.1. The molecule has 0 radical (unpaired) electrons. The van der Waals surface area contributed by atoms with Crippen LogP contribution < -0.4 is 0 Å². The quantitative estimate of drug-likeness (QED) is 0.324. The summed E-state index contributed by atoms with van der Waals surface area (Å²) in [4.78, 5) is 0. The van der Waals surface area contributed by atoms with E-state index in [1.807, 2.05) is 0 Å². The molecule has 80 valence electrons. The molecule has 13 heavy (non-hydrogen) atoms. The third-order valence-corrected chi connectivity index (χ3v) is 61.0. The van der Waals surface area contributed by atoms with E-state index < -0.39 is 13.9 Å². The molecule has 0 aromatic heterocycles. The zero-order valence-electron chi connectivity index (χ0n) is 9.08. The molecule has 0 aliphatic rings. The van der Waals surface area contributed by atoms with Crippen molar-refractivity contribution >= 4 is 57.4 Å². The summed E-state index contributed by atoms with van der Waals surface area (Å²) in [6.07, 6.45) is 0. The Morgan fingerprint density at radius 2 is 1.08 bits per heavy atom. The molecule has 0 atom stereocenters. The van der Waals surface area contributed by atoms with Crippen molar-refractivity contribution < 1.29 is 0 Å². The van der Waals surface area contributed by atoms with Crippen molar-refractivity contribution in [3.8, 4) is 0 Å². The molecular weight excluding hydrogens is 439 g/mol. The predicted molar refractivity (Wildman–Crippen MR) is 79.0 cm³/mol. The van der Waals surface area contributed by atoms with E-state index in [1.54, 1.807) is 0 Å². The molecule has 0 saturated carbocycles. The molecule has 0 unspecified atom stereocenters. The van der Waals surface area contributed by atoms with Gasteiger partial charge in [0, 0.05) is 0 Å². The van der Waals surface area contributed by atoms with E-state index in [0.717, 1.165) is 0 Å². The monoisotopic (exact) mass is 456 g/mol. The van der Waals surface area contributed by atoms with Crippen LogP contribution in [0.15, 0.2) is 0 Å². The van der Waals surface area contributed by atoms with Gasteiger partial charge in [-0.15, -0.1) is 0 Å². The van der Waals surface area contributed by atoms with Gasteiger partial charge in [-0.3, -0.25) is 0 Å². The van der Waals surface area contributed by atoms with E-state index in [4.69, 9.17) is 0 Å². The first-order chi connectivity index (χ1) is 5.44. The Morgan fingerprint density at radius 1 is 0.846 bits per heavy atom. The summed E-state index contributed by atoms with van der Waals surface area (Å²) >= 11 is 11.8. The van der Waals surface area contributed by atoms with Crippen LogP contribution in [-0.2, 0) is 0 Å². The molecule has 0 amide bonds. The van der Waals surface area contributed by atoms with Gasteiger partial charge in [-0.1, -0.05) is 0 Å². The van der Waals surface area contributed by atoms with E-state index >= 15 is 0 Å². The summed E-state index contributed by atoms with van der Waals surface area (Å²) < 4.78 is -1.10. The second kappa shape index (κ2) is 4.73. The zero-order valence-corrected chi connectivity index (χ0v) is 16.8. The third kappa shape index (κ3) is 3.18. The molecule has 0 aliphatic carbocycles. The summed E-state index contributed by atoms with van der Waals surface area (Å²) in [5, 5.41) is 0.737. The Morgan fingerprint density at radius 3 is 1.08 bits per heavy atom. The Kier molecular flexibility index (Phi) is 5.61. The maximum atomic E-state index is 4.08. The third-order valence-electron chi connectivity index (χ3n) is 2.08.